The monoisotopic (exact) mass is 1050 g/mol. The number of rotatable bonds is 52. The molecular formula is C64H111N2O7P. The van der Waals surface area contributed by atoms with Crippen LogP contribution in [0.3, 0.4) is 0 Å². The lowest BCUT2D eigenvalue weighted by atomic mass is 10.0. The molecule has 0 saturated heterocycles. The van der Waals surface area contributed by atoms with Crippen LogP contribution in [0.1, 0.15) is 233 Å². The topological polar surface area (TPSA) is 114 Å². The largest absolute Gasteiger partial charge is 0.756 e. The average molecular weight is 1050 g/mol. The van der Waals surface area contributed by atoms with Gasteiger partial charge in [0, 0.05) is 12.8 Å². The van der Waals surface area contributed by atoms with E-state index in [1.807, 2.05) is 94.1 Å². The molecule has 0 aliphatic carbocycles. The van der Waals surface area contributed by atoms with E-state index in [1.54, 1.807) is 0 Å². The molecule has 424 valence electrons. The van der Waals surface area contributed by atoms with Crippen molar-refractivity contribution in [1.82, 2.24) is 5.32 Å². The summed E-state index contributed by atoms with van der Waals surface area (Å²) in [4.78, 5) is 39.9. The predicted octanol–water partition coefficient (Wildman–Crippen LogP) is 17.5. The molecule has 0 aromatic heterocycles. The molecule has 3 unspecified atom stereocenters. The van der Waals surface area contributed by atoms with Crippen LogP contribution in [0.15, 0.2) is 109 Å². The van der Waals surface area contributed by atoms with Crippen molar-refractivity contribution in [3.05, 3.63) is 109 Å². The van der Waals surface area contributed by atoms with Crippen LogP contribution in [0.2, 0.25) is 0 Å². The number of likely N-dealkylation sites (N-methyl/N-ethyl adjacent to an activating group) is 1. The van der Waals surface area contributed by atoms with Crippen molar-refractivity contribution in [1.29, 1.82) is 0 Å². The first-order chi connectivity index (χ1) is 35.9. The SMILES string of the molecule is CC\C=C/C=C/C=C/C=C\C=C\C=C\CCCCCC(=O)OC(/C=C/CCCCCCCCCCCC)C(COP(=O)([O-])OCC[N+](C)(C)C)NC(=O)CCCCCCCCCCC/C=C\C/C=C\CCCCC. The van der Waals surface area contributed by atoms with E-state index in [2.05, 4.69) is 62.5 Å². The minimum Gasteiger partial charge on any atom is -0.756 e. The van der Waals surface area contributed by atoms with Crippen LogP contribution >= 0.6 is 7.82 Å². The molecule has 0 heterocycles. The summed E-state index contributed by atoms with van der Waals surface area (Å²) in [6, 6.07) is -0.916. The third kappa shape index (κ3) is 53.5. The summed E-state index contributed by atoms with van der Waals surface area (Å²) in [6.45, 7) is 6.62. The quantitative estimate of drug-likeness (QED) is 0.0161. The molecule has 0 rings (SSSR count). The van der Waals surface area contributed by atoms with Gasteiger partial charge in [0.25, 0.3) is 7.82 Å². The maximum atomic E-state index is 13.5. The number of hydrogen-bond acceptors (Lipinski definition) is 7. The highest BCUT2D eigenvalue weighted by atomic mass is 31.2. The van der Waals surface area contributed by atoms with Gasteiger partial charge < -0.3 is 28.5 Å². The highest BCUT2D eigenvalue weighted by molar-refractivity contribution is 7.45. The number of quaternary nitrogens is 1. The first-order valence-corrected chi connectivity index (χ1v) is 31.2. The van der Waals surface area contributed by atoms with Gasteiger partial charge in [-0.05, 0) is 83.1 Å². The van der Waals surface area contributed by atoms with Gasteiger partial charge in [-0.3, -0.25) is 14.2 Å². The molecule has 0 fully saturated rings. The van der Waals surface area contributed by atoms with E-state index in [1.165, 1.54) is 109 Å². The van der Waals surface area contributed by atoms with Crippen LogP contribution < -0.4 is 10.2 Å². The molecular weight excluding hydrogens is 940 g/mol. The predicted molar refractivity (Wildman–Crippen MR) is 316 cm³/mol. The number of nitrogens with one attached hydrogen (secondary N) is 1. The molecule has 0 aliphatic heterocycles. The number of phosphoric acid groups is 1. The second-order valence-electron chi connectivity index (χ2n) is 20.9. The average Bonchev–Trinajstić information content (AvgIpc) is 3.36. The summed E-state index contributed by atoms with van der Waals surface area (Å²) in [6.07, 6.45) is 71.9. The molecule has 0 spiro atoms. The fourth-order valence-electron chi connectivity index (χ4n) is 7.99. The lowest BCUT2D eigenvalue weighted by Gasteiger charge is -2.30. The smallest absolute Gasteiger partial charge is 0.306 e. The van der Waals surface area contributed by atoms with E-state index < -0.39 is 26.6 Å². The normalized spacial score (nSPS) is 14.5. The summed E-state index contributed by atoms with van der Waals surface area (Å²) < 4.78 is 30.2. The molecule has 0 aromatic rings. The Morgan fingerprint density at radius 2 is 0.919 bits per heavy atom. The van der Waals surface area contributed by atoms with E-state index >= 15 is 0 Å². The van der Waals surface area contributed by atoms with Crippen molar-refractivity contribution < 1.29 is 37.3 Å². The Hall–Kier alpha value is -3.33. The minimum absolute atomic E-state index is 0.0364. The van der Waals surface area contributed by atoms with Crippen molar-refractivity contribution in [3.8, 4) is 0 Å². The van der Waals surface area contributed by atoms with E-state index in [4.69, 9.17) is 13.8 Å². The molecule has 3 atom stereocenters. The Kier molecular flexibility index (Phi) is 50.7. The van der Waals surface area contributed by atoms with Crippen LogP contribution in [-0.4, -0.2) is 69.4 Å². The molecule has 0 aromatic carbocycles. The second-order valence-corrected chi connectivity index (χ2v) is 22.3. The van der Waals surface area contributed by atoms with Gasteiger partial charge in [-0.2, -0.15) is 0 Å². The van der Waals surface area contributed by atoms with E-state index in [9.17, 15) is 19.0 Å². The molecule has 0 aliphatic rings. The van der Waals surface area contributed by atoms with Crippen LogP contribution in [0.25, 0.3) is 0 Å². The van der Waals surface area contributed by atoms with Crippen molar-refractivity contribution in [2.45, 2.75) is 245 Å². The van der Waals surface area contributed by atoms with Gasteiger partial charge in [-0.1, -0.05) is 246 Å². The van der Waals surface area contributed by atoms with Gasteiger partial charge in [-0.25, -0.2) is 0 Å². The molecule has 0 radical (unpaired) electrons. The lowest BCUT2D eigenvalue weighted by molar-refractivity contribution is -0.870. The summed E-state index contributed by atoms with van der Waals surface area (Å²) in [5, 5.41) is 3.01. The Morgan fingerprint density at radius 3 is 1.45 bits per heavy atom. The first-order valence-electron chi connectivity index (χ1n) is 29.8. The molecule has 74 heavy (non-hydrogen) atoms. The molecule has 10 heteroatoms. The zero-order valence-electron chi connectivity index (χ0n) is 48.3. The van der Waals surface area contributed by atoms with Crippen molar-refractivity contribution in [3.63, 3.8) is 0 Å². The van der Waals surface area contributed by atoms with Crippen molar-refractivity contribution in [2.24, 2.45) is 0 Å². The highest BCUT2D eigenvalue weighted by Crippen LogP contribution is 2.38. The van der Waals surface area contributed by atoms with Crippen LogP contribution in [0, 0.1) is 0 Å². The van der Waals surface area contributed by atoms with Crippen molar-refractivity contribution >= 4 is 19.7 Å². The summed E-state index contributed by atoms with van der Waals surface area (Å²) in [7, 11) is 1.14. The molecule has 0 bridgehead atoms. The summed E-state index contributed by atoms with van der Waals surface area (Å²) in [5.74, 6) is -0.603. The first kappa shape index (κ1) is 70.7. The minimum atomic E-state index is -4.71. The number of phosphoric ester groups is 1. The van der Waals surface area contributed by atoms with Gasteiger partial charge in [0.1, 0.15) is 19.3 Å². The Labute approximate surface area is 455 Å². The zero-order valence-corrected chi connectivity index (χ0v) is 49.1. The Morgan fingerprint density at radius 1 is 0.500 bits per heavy atom. The van der Waals surface area contributed by atoms with E-state index in [0.29, 0.717) is 23.9 Å². The van der Waals surface area contributed by atoms with Crippen molar-refractivity contribution in [2.75, 3.05) is 40.9 Å². The number of ether oxygens (including phenoxy) is 1. The van der Waals surface area contributed by atoms with E-state index in [-0.39, 0.29) is 24.9 Å². The summed E-state index contributed by atoms with van der Waals surface area (Å²) >= 11 is 0. The fourth-order valence-corrected chi connectivity index (χ4v) is 8.72. The Bertz CT molecular complexity index is 1640. The Balaban J connectivity index is 5.40. The highest BCUT2D eigenvalue weighted by Gasteiger charge is 2.27. The zero-order chi connectivity index (χ0) is 54.3. The van der Waals surface area contributed by atoms with Crippen LogP contribution in [0.5, 0.6) is 0 Å². The third-order valence-electron chi connectivity index (χ3n) is 12.6. The molecule has 1 N–H and O–H groups in total. The number of esters is 1. The molecule has 9 nitrogen and oxygen atoms in total. The van der Waals surface area contributed by atoms with Crippen LogP contribution in [0.4, 0.5) is 0 Å². The van der Waals surface area contributed by atoms with Crippen LogP contribution in [-0.2, 0) is 27.9 Å². The van der Waals surface area contributed by atoms with Gasteiger partial charge >= 0.3 is 5.97 Å². The number of carbonyl (C=O) groups excluding carboxylic acids is 2. The molecule has 1 amide bonds. The fraction of sp³-hybridized carbons (Fsp3) is 0.688. The number of unbranched alkanes of at least 4 members (excludes halogenated alkanes) is 25. The number of carbonyl (C=O) groups is 2. The lowest BCUT2D eigenvalue weighted by Crippen LogP contribution is -2.47. The molecule has 0 saturated carbocycles. The number of amides is 1. The maximum absolute atomic E-state index is 13.5. The van der Waals surface area contributed by atoms with Gasteiger partial charge in [0.2, 0.25) is 5.91 Å². The number of allylic oxidation sites excluding steroid dienone is 17. The van der Waals surface area contributed by atoms with Gasteiger partial charge in [0.05, 0.1) is 33.8 Å². The van der Waals surface area contributed by atoms with Gasteiger partial charge in [-0.15, -0.1) is 0 Å². The van der Waals surface area contributed by atoms with E-state index in [0.717, 1.165) is 83.5 Å². The summed E-state index contributed by atoms with van der Waals surface area (Å²) in [5.41, 5.74) is 0. The number of nitrogens with zero attached hydrogens (tertiary/aromatic N) is 1. The number of hydrogen-bond donors (Lipinski definition) is 1. The third-order valence-corrected chi connectivity index (χ3v) is 13.6. The maximum Gasteiger partial charge on any atom is 0.306 e. The van der Waals surface area contributed by atoms with Gasteiger partial charge in [0.15, 0.2) is 0 Å². The standard InChI is InChI=1S/C64H111N2O7P/c1-7-10-13-16-19-22-25-28-30-32-33-35-36-38-41-44-47-50-53-56-63(67)65-61(60-72-74(69,70)71-59-58-66(4,5)6)62(55-52-49-46-43-40-27-24-21-18-15-12-9-3)73-64(68)57-54-51-48-45-42-39-37-34-31-29-26-23-20-17-14-11-8-2/h11,14,17,19-20,22-23,26,28-31,34,37,39,42,52,55,61-62H,7-10,12-13,15-16,18,21,24-25,27,32-33,35-36,38,40-41,43-51,53-54,56-60H2,1-6H3,(H-,65,67,69,70)/b14-11-,20-17+,22-19-,26-23+,30-28-,31-29-,37-34+,42-39+,55-52+. The second kappa shape index (κ2) is 53.1.